The maximum Gasteiger partial charge on any atom is 0.164 e. The van der Waals surface area contributed by atoms with E-state index in [0.717, 1.165) is 36.1 Å². The van der Waals surface area contributed by atoms with Crippen LogP contribution in [0, 0.1) is 6.92 Å². The summed E-state index contributed by atoms with van der Waals surface area (Å²) in [5.74, 6) is 2.33. The fourth-order valence-corrected chi connectivity index (χ4v) is 3.05. The van der Waals surface area contributed by atoms with Crippen LogP contribution < -0.4 is 10.1 Å². The number of H-pyrrole nitrogens is 1. The van der Waals surface area contributed by atoms with E-state index in [2.05, 4.69) is 37.5 Å². The molecule has 3 N–H and O–H groups in total. The van der Waals surface area contributed by atoms with Crippen LogP contribution in [-0.4, -0.2) is 51.5 Å². The van der Waals surface area contributed by atoms with E-state index in [1.54, 1.807) is 0 Å². The van der Waals surface area contributed by atoms with Crippen LogP contribution in [0.5, 0.6) is 5.75 Å². The number of aryl methyl sites for hydroxylation is 1. The molecule has 1 atom stereocenters. The van der Waals surface area contributed by atoms with Gasteiger partial charge in [0, 0.05) is 19.6 Å². The third-order valence-electron chi connectivity index (χ3n) is 4.44. The van der Waals surface area contributed by atoms with Gasteiger partial charge in [-0.25, -0.2) is 4.98 Å². The largest absolute Gasteiger partial charge is 0.491 e. The minimum Gasteiger partial charge on any atom is -0.491 e. The lowest BCUT2D eigenvalue weighted by Gasteiger charge is -2.21. The summed E-state index contributed by atoms with van der Waals surface area (Å²) in [7, 11) is 2.00. The van der Waals surface area contributed by atoms with Crippen molar-refractivity contribution >= 4 is 0 Å². The quantitative estimate of drug-likeness (QED) is 0.462. The van der Waals surface area contributed by atoms with Crippen LogP contribution in [0.25, 0.3) is 0 Å². The fraction of sp³-hybridized carbons (Fsp3) is 0.364. The molecule has 0 saturated carbocycles. The molecule has 0 amide bonds. The first-order chi connectivity index (χ1) is 14.1. The van der Waals surface area contributed by atoms with Gasteiger partial charge in [0.25, 0.3) is 0 Å². The topological polar surface area (TPSA) is 86.3 Å². The molecule has 7 heteroatoms. The zero-order valence-corrected chi connectivity index (χ0v) is 17.0. The summed E-state index contributed by atoms with van der Waals surface area (Å²) in [6.45, 7) is 4.84. The number of rotatable bonds is 11. The van der Waals surface area contributed by atoms with Crippen molar-refractivity contribution < 1.29 is 9.84 Å². The molecule has 154 valence electrons. The van der Waals surface area contributed by atoms with Gasteiger partial charge >= 0.3 is 0 Å². The highest BCUT2D eigenvalue weighted by molar-refractivity contribution is 5.27. The van der Waals surface area contributed by atoms with E-state index in [9.17, 15) is 5.11 Å². The second-order valence-corrected chi connectivity index (χ2v) is 7.23. The average Bonchev–Trinajstić information content (AvgIpc) is 3.13. The second-order valence-electron chi connectivity index (χ2n) is 7.23. The van der Waals surface area contributed by atoms with E-state index >= 15 is 0 Å². The number of likely N-dealkylation sites (N-methyl/N-ethyl adjacent to an activating group) is 1. The zero-order valence-electron chi connectivity index (χ0n) is 17.0. The molecule has 3 aromatic rings. The highest BCUT2D eigenvalue weighted by atomic mass is 16.5. The molecule has 1 unspecified atom stereocenters. The van der Waals surface area contributed by atoms with Crippen molar-refractivity contribution in [2.24, 2.45) is 0 Å². The van der Waals surface area contributed by atoms with Crippen molar-refractivity contribution in [2.75, 3.05) is 20.2 Å². The van der Waals surface area contributed by atoms with Gasteiger partial charge < -0.3 is 15.2 Å². The van der Waals surface area contributed by atoms with Crippen molar-refractivity contribution in [3.8, 4) is 5.75 Å². The first-order valence-corrected chi connectivity index (χ1v) is 9.79. The van der Waals surface area contributed by atoms with E-state index in [1.165, 1.54) is 5.56 Å². The smallest absolute Gasteiger partial charge is 0.164 e. The van der Waals surface area contributed by atoms with Crippen molar-refractivity contribution in [2.45, 2.75) is 32.7 Å². The maximum absolute atomic E-state index is 10.2. The minimum atomic E-state index is -0.546. The Hall–Kier alpha value is -2.74. The van der Waals surface area contributed by atoms with Crippen LogP contribution in [0.1, 0.15) is 22.8 Å². The Balaban J connectivity index is 1.35. The molecule has 0 fully saturated rings. The molecule has 0 saturated heterocycles. The van der Waals surface area contributed by atoms with E-state index in [-0.39, 0.29) is 6.61 Å². The van der Waals surface area contributed by atoms with Gasteiger partial charge in [0.15, 0.2) is 5.82 Å². The van der Waals surface area contributed by atoms with E-state index in [1.807, 2.05) is 56.4 Å². The minimum absolute atomic E-state index is 0.265. The summed E-state index contributed by atoms with van der Waals surface area (Å²) in [5.41, 5.74) is 2.37. The molecular formula is C22H29N5O2. The SMILES string of the molecule is Cc1nc(CNCc2ccc(OCC(O)CN(C)Cc3ccccc3)cc2)n[nH]1. The predicted octanol–water partition coefficient (Wildman–Crippen LogP) is 2.27. The third-order valence-corrected chi connectivity index (χ3v) is 4.44. The molecule has 0 bridgehead atoms. The highest BCUT2D eigenvalue weighted by Gasteiger charge is 2.10. The van der Waals surface area contributed by atoms with Crippen molar-refractivity contribution in [1.29, 1.82) is 0 Å². The van der Waals surface area contributed by atoms with Gasteiger partial charge in [0.1, 0.15) is 24.3 Å². The van der Waals surface area contributed by atoms with Gasteiger partial charge in [0.05, 0.1) is 6.54 Å². The molecule has 2 aromatic carbocycles. The Kier molecular flexibility index (Phi) is 7.75. The summed E-state index contributed by atoms with van der Waals surface area (Å²) in [5, 5.41) is 20.5. The Bertz CT molecular complexity index is 851. The third kappa shape index (κ3) is 7.30. The number of aliphatic hydroxyl groups excluding tert-OH is 1. The Morgan fingerprint density at radius 2 is 1.83 bits per heavy atom. The number of nitrogens with one attached hydrogen (secondary N) is 2. The van der Waals surface area contributed by atoms with Gasteiger partial charge in [0.2, 0.25) is 0 Å². The van der Waals surface area contributed by atoms with Crippen LogP contribution in [0.15, 0.2) is 54.6 Å². The Labute approximate surface area is 171 Å². The van der Waals surface area contributed by atoms with Crippen LogP contribution in [0.4, 0.5) is 0 Å². The van der Waals surface area contributed by atoms with Gasteiger partial charge in [-0.05, 0) is 37.2 Å². The predicted molar refractivity (Wildman–Crippen MR) is 112 cm³/mol. The fourth-order valence-electron chi connectivity index (χ4n) is 3.05. The molecule has 1 heterocycles. The molecule has 0 aliphatic carbocycles. The summed E-state index contributed by atoms with van der Waals surface area (Å²) in [4.78, 5) is 6.36. The lowest BCUT2D eigenvalue weighted by atomic mass is 10.2. The van der Waals surface area contributed by atoms with Crippen LogP contribution in [-0.2, 0) is 19.6 Å². The molecular weight excluding hydrogens is 366 g/mol. The molecule has 3 rings (SSSR count). The maximum atomic E-state index is 10.2. The zero-order chi connectivity index (χ0) is 20.5. The second kappa shape index (κ2) is 10.7. The normalized spacial score (nSPS) is 12.3. The van der Waals surface area contributed by atoms with Crippen LogP contribution in [0.3, 0.4) is 0 Å². The molecule has 0 radical (unpaired) electrons. The molecule has 0 aliphatic heterocycles. The van der Waals surface area contributed by atoms with Gasteiger partial charge in [-0.1, -0.05) is 42.5 Å². The molecule has 0 spiro atoms. The number of aromatic amines is 1. The van der Waals surface area contributed by atoms with Gasteiger partial charge in [-0.2, -0.15) is 5.10 Å². The first kappa shape index (κ1) is 21.0. The van der Waals surface area contributed by atoms with Crippen molar-refractivity contribution in [3.05, 3.63) is 77.4 Å². The molecule has 29 heavy (non-hydrogen) atoms. The first-order valence-electron chi connectivity index (χ1n) is 9.79. The van der Waals surface area contributed by atoms with Crippen molar-refractivity contribution in [3.63, 3.8) is 0 Å². The monoisotopic (exact) mass is 395 g/mol. The standard InChI is InChI=1S/C22H29N5O2/c1-17-24-22(26-25-17)13-23-12-18-8-10-21(11-9-18)29-16-20(28)15-27(2)14-19-6-4-3-5-7-19/h3-11,20,23,28H,12-16H2,1-2H3,(H,24,25,26). The number of nitrogens with zero attached hydrogens (tertiary/aromatic N) is 3. The van der Waals surface area contributed by atoms with E-state index < -0.39 is 6.10 Å². The summed E-state index contributed by atoms with van der Waals surface area (Å²) >= 11 is 0. The number of hydrogen-bond donors (Lipinski definition) is 3. The lowest BCUT2D eigenvalue weighted by Crippen LogP contribution is -2.32. The number of benzene rings is 2. The average molecular weight is 396 g/mol. The molecule has 0 aliphatic rings. The molecule has 7 nitrogen and oxygen atoms in total. The van der Waals surface area contributed by atoms with Gasteiger partial charge in [-0.15, -0.1) is 0 Å². The summed E-state index contributed by atoms with van der Waals surface area (Å²) < 4.78 is 5.73. The molecule has 1 aromatic heterocycles. The Morgan fingerprint density at radius 1 is 1.07 bits per heavy atom. The number of aromatic nitrogens is 3. The van der Waals surface area contributed by atoms with Crippen LogP contribution >= 0.6 is 0 Å². The number of hydrogen-bond acceptors (Lipinski definition) is 6. The Morgan fingerprint density at radius 3 is 2.52 bits per heavy atom. The van der Waals surface area contributed by atoms with Crippen molar-refractivity contribution in [1.82, 2.24) is 25.4 Å². The summed E-state index contributed by atoms with van der Waals surface area (Å²) in [6.07, 6.45) is -0.546. The van der Waals surface area contributed by atoms with Crippen LogP contribution in [0.2, 0.25) is 0 Å². The lowest BCUT2D eigenvalue weighted by molar-refractivity contribution is 0.0744. The summed E-state index contributed by atoms with van der Waals surface area (Å²) in [6, 6.07) is 18.1. The van der Waals surface area contributed by atoms with E-state index in [0.29, 0.717) is 13.1 Å². The highest BCUT2D eigenvalue weighted by Crippen LogP contribution is 2.13. The van der Waals surface area contributed by atoms with Gasteiger partial charge in [-0.3, -0.25) is 10.00 Å². The number of aliphatic hydroxyl groups is 1. The van der Waals surface area contributed by atoms with E-state index in [4.69, 9.17) is 4.74 Å². The number of ether oxygens (including phenoxy) is 1.